The van der Waals surface area contributed by atoms with Crippen molar-refractivity contribution in [3.8, 4) is 17.4 Å². The monoisotopic (exact) mass is 398 g/mol. The van der Waals surface area contributed by atoms with Gasteiger partial charge in [-0.3, -0.25) is 0 Å². The van der Waals surface area contributed by atoms with Gasteiger partial charge in [0.25, 0.3) is 0 Å². The molecule has 0 aliphatic carbocycles. The highest BCUT2D eigenvalue weighted by Crippen LogP contribution is 2.34. The van der Waals surface area contributed by atoms with E-state index in [9.17, 15) is 8.42 Å². The molecule has 1 aromatic heterocycles. The Kier molecular flexibility index (Phi) is 4.10. The zero-order valence-electron chi connectivity index (χ0n) is 14.9. The number of hydrogen-bond acceptors (Lipinski definition) is 6. The summed E-state index contributed by atoms with van der Waals surface area (Å²) >= 11 is 0. The largest absolute Gasteiger partial charge is 0.486 e. The third kappa shape index (κ3) is 3.04. The maximum Gasteiger partial charge on any atom is 0.243 e. The van der Waals surface area contributed by atoms with Crippen LogP contribution in [0.15, 0.2) is 59.5 Å². The first-order chi connectivity index (χ1) is 13.6. The summed E-state index contributed by atoms with van der Waals surface area (Å²) in [6.07, 6.45) is -0.222. The molecule has 2 aromatic carbocycles. The number of sulfonamides is 1. The fourth-order valence-corrected chi connectivity index (χ4v) is 4.81. The van der Waals surface area contributed by atoms with Crippen molar-refractivity contribution in [2.45, 2.75) is 11.0 Å². The maximum atomic E-state index is 12.8. The van der Waals surface area contributed by atoms with Gasteiger partial charge in [-0.15, -0.1) is 0 Å². The molecule has 2 aliphatic heterocycles. The summed E-state index contributed by atoms with van der Waals surface area (Å²) in [4.78, 5) is 4.66. The molecular weight excluding hydrogens is 380 g/mol. The van der Waals surface area contributed by atoms with Gasteiger partial charge in [0, 0.05) is 17.5 Å². The lowest BCUT2D eigenvalue weighted by atomic mass is 10.2. The quantitative estimate of drug-likeness (QED) is 0.672. The van der Waals surface area contributed by atoms with Gasteiger partial charge in [-0.2, -0.15) is 4.31 Å². The molecule has 0 atom stereocenters. The number of rotatable bonds is 4. The molecule has 28 heavy (non-hydrogen) atoms. The van der Waals surface area contributed by atoms with Gasteiger partial charge in [-0.05, 0) is 24.3 Å². The number of ether oxygens (including phenoxy) is 3. The Morgan fingerprint density at radius 2 is 1.75 bits per heavy atom. The third-order valence-electron chi connectivity index (χ3n) is 4.83. The van der Waals surface area contributed by atoms with Crippen LogP contribution < -0.4 is 14.2 Å². The van der Waals surface area contributed by atoms with E-state index in [2.05, 4.69) is 4.98 Å². The number of nitrogens with zero attached hydrogens (tertiary/aromatic N) is 2. The Labute approximate surface area is 162 Å². The predicted molar refractivity (Wildman–Crippen MR) is 102 cm³/mol. The second-order valence-corrected chi connectivity index (χ2v) is 8.65. The van der Waals surface area contributed by atoms with E-state index in [1.807, 2.05) is 30.3 Å². The van der Waals surface area contributed by atoms with Crippen molar-refractivity contribution in [1.82, 2.24) is 9.29 Å². The molecule has 7 nitrogen and oxygen atoms in total. The molecule has 0 spiro atoms. The molecule has 1 saturated heterocycles. The number of fused-ring (bicyclic) bond motifs is 2. The summed E-state index contributed by atoms with van der Waals surface area (Å²) in [5.41, 5.74) is 0.847. The second kappa shape index (κ2) is 6.65. The number of para-hydroxylation sites is 1. The second-order valence-electron chi connectivity index (χ2n) is 6.71. The van der Waals surface area contributed by atoms with Crippen LogP contribution in [-0.2, 0) is 10.0 Å². The highest BCUT2D eigenvalue weighted by atomic mass is 32.2. The summed E-state index contributed by atoms with van der Waals surface area (Å²) < 4.78 is 43.8. The first-order valence-electron chi connectivity index (χ1n) is 9.02. The number of hydrogen-bond donors (Lipinski definition) is 0. The van der Waals surface area contributed by atoms with Crippen LogP contribution in [0.4, 0.5) is 0 Å². The predicted octanol–water partition coefficient (Wildman–Crippen LogP) is 2.46. The van der Waals surface area contributed by atoms with Gasteiger partial charge in [0.05, 0.1) is 23.5 Å². The maximum absolute atomic E-state index is 12.8. The molecule has 5 rings (SSSR count). The average molecular weight is 398 g/mol. The van der Waals surface area contributed by atoms with Crippen LogP contribution in [-0.4, -0.2) is 50.1 Å². The van der Waals surface area contributed by atoms with E-state index < -0.39 is 10.0 Å². The van der Waals surface area contributed by atoms with Crippen molar-refractivity contribution >= 4 is 20.9 Å². The summed E-state index contributed by atoms with van der Waals surface area (Å²) in [6.45, 7) is 1.44. The van der Waals surface area contributed by atoms with E-state index in [0.717, 1.165) is 10.9 Å². The number of pyridine rings is 1. The van der Waals surface area contributed by atoms with Crippen LogP contribution in [0.3, 0.4) is 0 Å². The average Bonchev–Trinajstić information content (AvgIpc) is 2.69. The van der Waals surface area contributed by atoms with Gasteiger partial charge in [-0.1, -0.05) is 18.2 Å². The molecule has 2 aliphatic rings. The van der Waals surface area contributed by atoms with Crippen molar-refractivity contribution in [2.75, 3.05) is 26.3 Å². The molecule has 8 heteroatoms. The molecule has 0 unspecified atom stereocenters. The Morgan fingerprint density at radius 1 is 0.964 bits per heavy atom. The van der Waals surface area contributed by atoms with Crippen molar-refractivity contribution in [3.63, 3.8) is 0 Å². The molecule has 3 aromatic rings. The standard InChI is InChI=1S/C20H18N2O5S/c23-28(24,16-6-7-18-19(11-16)26-10-9-25-18)22-12-15(13-22)27-20-8-5-14-3-1-2-4-17(14)21-20/h1-8,11,15H,9-10,12-13H2. The van der Waals surface area contributed by atoms with Crippen LogP contribution in [0.1, 0.15) is 0 Å². The van der Waals surface area contributed by atoms with Crippen LogP contribution in [0.25, 0.3) is 10.9 Å². The molecule has 0 amide bonds. The molecule has 0 N–H and O–H groups in total. The lowest BCUT2D eigenvalue weighted by Gasteiger charge is -2.37. The molecule has 0 radical (unpaired) electrons. The fourth-order valence-electron chi connectivity index (χ4n) is 3.29. The molecular formula is C20H18N2O5S. The summed E-state index contributed by atoms with van der Waals surface area (Å²) in [5, 5.41) is 1.03. The smallest absolute Gasteiger partial charge is 0.243 e. The van der Waals surface area contributed by atoms with Gasteiger partial charge < -0.3 is 14.2 Å². The normalized spacial score (nSPS) is 17.3. The lowest BCUT2D eigenvalue weighted by Crippen LogP contribution is -2.56. The zero-order valence-corrected chi connectivity index (χ0v) is 15.8. The van der Waals surface area contributed by atoms with Gasteiger partial charge in [0.2, 0.25) is 15.9 Å². The minimum absolute atomic E-state index is 0.194. The summed E-state index contributed by atoms with van der Waals surface area (Å²) in [5.74, 6) is 1.53. The summed E-state index contributed by atoms with van der Waals surface area (Å²) in [6, 6.07) is 16.2. The minimum Gasteiger partial charge on any atom is -0.486 e. The van der Waals surface area contributed by atoms with E-state index in [1.54, 1.807) is 18.2 Å². The van der Waals surface area contributed by atoms with Crippen LogP contribution in [0, 0.1) is 0 Å². The number of benzene rings is 2. The van der Waals surface area contributed by atoms with Gasteiger partial charge in [-0.25, -0.2) is 13.4 Å². The Morgan fingerprint density at radius 3 is 2.61 bits per heavy atom. The van der Waals surface area contributed by atoms with Crippen molar-refractivity contribution in [3.05, 3.63) is 54.6 Å². The first kappa shape index (κ1) is 17.3. The van der Waals surface area contributed by atoms with E-state index >= 15 is 0 Å². The molecule has 0 saturated carbocycles. The Hall–Kier alpha value is -2.84. The van der Waals surface area contributed by atoms with E-state index in [0.29, 0.717) is 30.6 Å². The first-order valence-corrected chi connectivity index (χ1v) is 10.5. The highest BCUT2D eigenvalue weighted by Gasteiger charge is 2.38. The van der Waals surface area contributed by atoms with Gasteiger partial charge in [0.15, 0.2) is 11.5 Å². The van der Waals surface area contributed by atoms with Crippen LogP contribution >= 0.6 is 0 Å². The Bertz CT molecular complexity index is 1140. The van der Waals surface area contributed by atoms with Crippen molar-refractivity contribution in [2.24, 2.45) is 0 Å². The lowest BCUT2D eigenvalue weighted by molar-refractivity contribution is 0.0724. The van der Waals surface area contributed by atoms with E-state index in [4.69, 9.17) is 14.2 Å². The minimum atomic E-state index is -3.60. The van der Waals surface area contributed by atoms with Crippen LogP contribution in [0.5, 0.6) is 17.4 Å². The molecule has 3 heterocycles. The third-order valence-corrected chi connectivity index (χ3v) is 6.65. The number of aromatic nitrogens is 1. The zero-order chi connectivity index (χ0) is 19.1. The SMILES string of the molecule is O=S(=O)(c1ccc2c(c1)OCCO2)N1CC(Oc2ccc3ccccc3n2)C1. The van der Waals surface area contributed by atoms with E-state index in [-0.39, 0.29) is 24.1 Å². The van der Waals surface area contributed by atoms with Gasteiger partial charge in [0.1, 0.15) is 19.3 Å². The Balaban J connectivity index is 1.27. The fraction of sp³-hybridized carbons (Fsp3) is 0.250. The van der Waals surface area contributed by atoms with Crippen molar-refractivity contribution in [1.29, 1.82) is 0 Å². The van der Waals surface area contributed by atoms with Gasteiger partial charge >= 0.3 is 0 Å². The van der Waals surface area contributed by atoms with Crippen LogP contribution in [0.2, 0.25) is 0 Å². The highest BCUT2D eigenvalue weighted by molar-refractivity contribution is 7.89. The van der Waals surface area contributed by atoms with E-state index in [1.165, 1.54) is 10.4 Å². The van der Waals surface area contributed by atoms with Crippen molar-refractivity contribution < 1.29 is 22.6 Å². The molecule has 0 bridgehead atoms. The molecule has 1 fully saturated rings. The topological polar surface area (TPSA) is 78.0 Å². The molecule has 144 valence electrons. The summed E-state index contributed by atoms with van der Waals surface area (Å²) in [7, 11) is -3.60.